The third kappa shape index (κ3) is 6.55. The lowest BCUT2D eigenvalue weighted by Gasteiger charge is -2.24. The maximum atomic E-state index is 14.8. The molecular weight excluding hydrogens is 575 g/mol. The van der Waals surface area contributed by atoms with Crippen LogP contribution in [0.15, 0.2) is 76.4 Å². The van der Waals surface area contributed by atoms with E-state index in [0.29, 0.717) is 40.8 Å². The zero-order chi connectivity index (χ0) is 30.9. The molecule has 1 aliphatic heterocycles. The fraction of sp³-hybridized carbons (Fsp3) is 0.323. The molecule has 0 radical (unpaired) electrons. The number of anilines is 1. The molecule has 12 heteroatoms. The summed E-state index contributed by atoms with van der Waals surface area (Å²) in [6.07, 6.45) is 1.86. The zero-order valence-corrected chi connectivity index (χ0v) is 25.2. The summed E-state index contributed by atoms with van der Waals surface area (Å²) in [5, 5.41) is 3.14. The second-order valence-electron chi connectivity index (χ2n) is 11.3. The Balaban J connectivity index is 1.27. The number of nitrogens with one attached hydrogen (secondary N) is 1. The minimum Gasteiger partial charge on any atom is -0.443 e. The molecule has 2 amide bonds. The Bertz CT molecular complexity index is 1730. The van der Waals surface area contributed by atoms with Gasteiger partial charge in [0.2, 0.25) is 11.0 Å². The highest BCUT2D eigenvalue weighted by Crippen LogP contribution is 2.30. The molecule has 0 bridgehead atoms. The third-order valence-electron chi connectivity index (χ3n) is 7.06. The van der Waals surface area contributed by atoms with Crippen LogP contribution in [-0.4, -0.2) is 54.9 Å². The van der Waals surface area contributed by atoms with E-state index < -0.39 is 39.5 Å². The number of carbonyl (C=O) groups excluding carboxylic acids is 2. The molecule has 0 spiro atoms. The molecule has 5 rings (SSSR count). The fourth-order valence-electron chi connectivity index (χ4n) is 4.86. The highest BCUT2D eigenvalue weighted by molar-refractivity contribution is 7.89. The Morgan fingerprint density at radius 2 is 1.86 bits per heavy atom. The van der Waals surface area contributed by atoms with Crippen LogP contribution in [-0.2, 0) is 26.1 Å². The Labute approximate surface area is 249 Å². The van der Waals surface area contributed by atoms with Crippen LogP contribution in [0.4, 0.5) is 15.0 Å². The van der Waals surface area contributed by atoms with Gasteiger partial charge in [-0.25, -0.2) is 22.6 Å². The number of sulfonamides is 1. The van der Waals surface area contributed by atoms with Crippen molar-refractivity contribution < 1.29 is 31.6 Å². The van der Waals surface area contributed by atoms with Crippen molar-refractivity contribution in [2.24, 2.45) is 0 Å². The fourth-order valence-corrected chi connectivity index (χ4v) is 6.47. The number of carbonyl (C=O) groups is 2. The van der Waals surface area contributed by atoms with Gasteiger partial charge in [-0.1, -0.05) is 24.3 Å². The van der Waals surface area contributed by atoms with Crippen LogP contribution in [0.3, 0.4) is 0 Å². The van der Waals surface area contributed by atoms with E-state index in [1.807, 2.05) is 0 Å². The summed E-state index contributed by atoms with van der Waals surface area (Å²) in [4.78, 5) is 31.2. The van der Waals surface area contributed by atoms with Crippen molar-refractivity contribution in [2.75, 3.05) is 18.5 Å². The van der Waals surface area contributed by atoms with Gasteiger partial charge in [-0.15, -0.1) is 0 Å². The summed E-state index contributed by atoms with van der Waals surface area (Å²) in [7, 11) is -2.50. The molecule has 0 aliphatic carbocycles. The van der Waals surface area contributed by atoms with E-state index in [2.05, 4.69) is 10.3 Å². The van der Waals surface area contributed by atoms with Gasteiger partial charge in [0.05, 0.1) is 0 Å². The van der Waals surface area contributed by atoms with Crippen molar-refractivity contribution in [2.45, 2.75) is 56.9 Å². The quantitative estimate of drug-likeness (QED) is 0.295. The summed E-state index contributed by atoms with van der Waals surface area (Å²) in [6.45, 7) is 5.36. The summed E-state index contributed by atoms with van der Waals surface area (Å²) in [5.41, 5.74) is 1.35. The molecule has 43 heavy (non-hydrogen) atoms. The molecule has 1 fully saturated rings. The van der Waals surface area contributed by atoms with Crippen LogP contribution < -0.4 is 10.2 Å². The first-order valence-electron chi connectivity index (χ1n) is 13.8. The molecule has 1 atom stereocenters. The number of furan rings is 1. The van der Waals surface area contributed by atoms with Crippen molar-refractivity contribution >= 4 is 38.8 Å². The number of hydrogen-bond acceptors (Lipinski definition) is 7. The molecule has 10 nitrogen and oxygen atoms in total. The number of benzene rings is 2. The molecule has 0 unspecified atom stereocenters. The molecule has 2 aromatic carbocycles. The van der Waals surface area contributed by atoms with Gasteiger partial charge in [-0.2, -0.15) is 4.31 Å². The Morgan fingerprint density at radius 1 is 1.12 bits per heavy atom. The topological polar surface area (TPSA) is 122 Å². The predicted octanol–water partition coefficient (Wildman–Crippen LogP) is 5.47. The summed E-state index contributed by atoms with van der Waals surface area (Å²) < 4.78 is 53.6. The van der Waals surface area contributed by atoms with Gasteiger partial charge in [0.25, 0.3) is 10.0 Å². The predicted molar refractivity (Wildman–Crippen MR) is 159 cm³/mol. The van der Waals surface area contributed by atoms with E-state index in [0.717, 1.165) is 4.31 Å². The normalized spacial score (nSPS) is 15.9. The minimum absolute atomic E-state index is 0.138. The first-order chi connectivity index (χ1) is 20.3. The number of para-hydroxylation sites is 1. The number of rotatable bonds is 7. The van der Waals surface area contributed by atoms with Crippen molar-refractivity contribution in [3.05, 3.63) is 78.2 Å². The van der Waals surface area contributed by atoms with Crippen molar-refractivity contribution in [1.29, 1.82) is 0 Å². The highest BCUT2D eigenvalue weighted by atomic mass is 32.2. The molecule has 1 saturated heterocycles. The van der Waals surface area contributed by atoms with Crippen molar-refractivity contribution in [1.82, 2.24) is 14.6 Å². The number of halogens is 1. The number of hydrogen-bond donors (Lipinski definition) is 1. The monoisotopic (exact) mass is 608 g/mol. The summed E-state index contributed by atoms with van der Waals surface area (Å²) >= 11 is 0. The van der Waals surface area contributed by atoms with Gasteiger partial charge < -0.3 is 14.5 Å². The zero-order valence-electron chi connectivity index (χ0n) is 24.3. The number of nitrogens with zero attached hydrogens (tertiary/aromatic N) is 3. The number of ether oxygens (including phenoxy) is 1. The molecule has 4 aromatic rings. The lowest BCUT2D eigenvalue weighted by atomic mass is 10.0. The van der Waals surface area contributed by atoms with Gasteiger partial charge in [0, 0.05) is 48.9 Å². The first kappa shape index (κ1) is 30.2. The van der Waals surface area contributed by atoms with E-state index in [4.69, 9.17) is 9.15 Å². The van der Waals surface area contributed by atoms with E-state index >= 15 is 0 Å². The lowest BCUT2D eigenvalue weighted by Crippen LogP contribution is -2.45. The average molecular weight is 609 g/mol. The number of aromatic nitrogens is 1. The second kappa shape index (κ2) is 11.8. The summed E-state index contributed by atoms with van der Waals surface area (Å²) in [6, 6.07) is 15.4. The van der Waals surface area contributed by atoms with E-state index in [9.17, 15) is 22.4 Å². The van der Waals surface area contributed by atoms with E-state index in [1.165, 1.54) is 17.0 Å². The largest absolute Gasteiger partial charge is 0.443 e. The van der Waals surface area contributed by atoms with Crippen LogP contribution in [0.25, 0.3) is 22.1 Å². The van der Waals surface area contributed by atoms with Crippen LogP contribution in [0.2, 0.25) is 0 Å². The Morgan fingerprint density at radius 3 is 2.56 bits per heavy atom. The van der Waals surface area contributed by atoms with E-state index in [1.54, 1.807) is 82.5 Å². The van der Waals surface area contributed by atoms with Gasteiger partial charge in [0.15, 0.2) is 0 Å². The maximum Gasteiger partial charge on any atom is 0.415 e. The van der Waals surface area contributed by atoms with Gasteiger partial charge in [-0.05, 0) is 69.5 Å². The van der Waals surface area contributed by atoms with E-state index in [-0.39, 0.29) is 23.7 Å². The second-order valence-corrected chi connectivity index (χ2v) is 13.2. The minimum atomic E-state index is -4.06. The number of pyridine rings is 1. The Kier molecular flexibility index (Phi) is 8.26. The molecule has 3 heterocycles. The van der Waals surface area contributed by atoms with Gasteiger partial charge in [0.1, 0.15) is 28.9 Å². The first-order valence-corrected chi connectivity index (χ1v) is 15.3. The lowest BCUT2D eigenvalue weighted by molar-refractivity contribution is -0.124. The molecule has 1 N–H and O–H groups in total. The number of amides is 2. The van der Waals surface area contributed by atoms with Crippen LogP contribution in [0, 0.1) is 5.82 Å². The smallest absolute Gasteiger partial charge is 0.415 e. The van der Waals surface area contributed by atoms with Crippen molar-refractivity contribution in [3.8, 4) is 11.1 Å². The van der Waals surface area contributed by atoms with Crippen LogP contribution >= 0.6 is 0 Å². The standard InChI is InChI=1S/C31H33FN4O6S/c1-31(2,3)42-30(38)35(4)27-14-12-22(18-33-27)20-11-13-24(32)23(16-20)19-34-29(37)25-9-7-15-36(25)43(39,40)28-17-21-8-5-6-10-26(21)41-28/h5-6,8,10-14,16-18,25H,7,9,15,19H2,1-4H3,(H,34,37)/t25-/m0/s1. The Hall–Kier alpha value is -4.29. The maximum absolute atomic E-state index is 14.8. The molecule has 0 saturated carbocycles. The molecule has 2 aromatic heterocycles. The average Bonchev–Trinajstić information content (AvgIpc) is 3.64. The molecule has 226 valence electrons. The van der Waals surface area contributed by atoms with Gasteiger partial charge >= 0.3 is 6.09 Å². The molecule has 1 aliphatic rings. The summed E-state index contributed by atoms with van der Waals surface area (Å²) in [5.74, 6) is -0.652. The third-order valence-corrected chi connectivity index (χ3v) is 8.83. The highest BCUT2D eigenvalue weighted by Gasteiger charge is 2.41. The molecular formula is C31H33FN4O6S. The SMILES string of the molecule is CN(C(=O)OC(C)(C)C)c1ccc(-c2ccc(F)c(CNC(=O)[C@@H]3CCCN3S(=O)(=O)c3cc4ccccc4o3)c2)cn1. The number of fused-ring (bicyclic) bond motifs is 1. The van der Waals surface area contributed by atoms with Crippen LogP contribution in [0.5, 0.6) is 0 Å². The van der Waals surface area contributed by atoms with Gasteiger partial charge in [-0.3, -0.25) is 9.69 Å². The van der Waals surface area contributed by atoms with Crippen molar-refractivity contribution in [3.63, 3.8) is 0 Å². The van der Waals surface area contributed by atoms with Crippen LogP contribution in [0.1, 0.15) is 39.2 Å².